The molecule has 0 unspecified atom stereocenters. The molecule has 0 aliphatic carbocycles. The van der Waals surface area contributed by atoms with Gasteiger partial charge in [0.2, 0.25) is 5.89 Å². The maximum atomic E-state index is 13.1. The molecule has 7 nitrogen and oxygen atoms in total. The number of nitrogens with one attached hydrogen (secondary N) is 1. The van der Waals surface area contributed by atoms with E-state index in [0.29, 0.717) is 12.1 Å². The lowest BCUT2D eigenvalue weighted by atomic mass is 10.1. The standard InChI is InChI=1S/C12H9F2N3O4/c13-8-3-6(7(12(19)20)4-9(8)14)11(18)15-2-1-10-16-5-17-21-10/h3-5H,1-2H2,(H,15,18)(H,19,20). The van der Waals surface area contributed by atoms with Gasteiger partial charge in [0.15, 0.2) is 18.0 Å². The van der Waals surface area contributed by atoms with Crippen LogP contribution in [0.1, 0.15) is 26.6 Å². The molecule has 1 amide bonds. The molecule has 110 valence electrons. The van der Waals surface area contributed by atoms with E-state index in [9.17, 15) is 18.4 Å². The lowest BCUT2D eigenvalue weighted by Crippen LogP contribution is -2.27. The summed E-state index contributed by atoms with van der Waals surface area (Å²) in [4.78, 5) is 26.5. The first kappa shape index (κ1) is 14.6. The lowest BCUT2D eigenvalue weighted by Gasteiger charge is -2.07. The molecule has 0 aliphatic heterocycles. The van der Waals surface area contributed by atoms with Gasteiger partial charge in [0.1, 0.15) is 0 Å². The third-order valence-corrected chi connectivity index (χ3v) is 2.57. The van der Waals surface area contributed by atoms with Crippen LogP contribution in [0.15, 0.2) is 23.0 Å². The zero-order chi connectivity index (χ0) is 15.4. The molecule has 2 rings (SSSR count). The van der Waals surface area contributed by atoms with E-state index in [1.54, 1.807) is 0 Å². The number of carboxylic acids is 1. The molecule has 2 aromatic rings. The summed E-state index contributed by atoms with van der Waals surface area (Å²) in [5, 5.41) is 14.6. The van der Waals surface area contributed by atoms with Gasteiger partial charge in [0.25, 0.3) is 5.91 Å². The molecule has 1 aromatic carbocycles. The number of nitrogens with zero attached hydrogens (tertiary/aromatic N) is 2. The van der Waals surface area contributed by atoms with Crippen molar-refractivity contribution in [2.45, 2.75) is 6.42 Å². The molecule has 0 fully saturated rings. The highest BCUT2D eigenvalue weighted by molar-refractivity contribution is 6.04. The van der Waals surface area contributed by atoms with Crippen LogP contribution in [0.4, 0.5) is 8.78 Å². The lowest BCUT2D eigenvalue weighted by molar-refractivity contribution is 0.0690. The topological polar surface area (TPSA) is 105 Å². The summed E-state index contributed by atoms with van der Waals surface area (Å²) < 4.78 is 30.9. The van der Waals surface area contributed by atoms with Crippen molar-refractivity contribution >= 4 is 11.9 Å². The fourth-order valence-electron chi connectivity index (χ4n) is 1.60. The molecule has 0 bridgehead atoms. The molecular weight excluding hydrogens is 288 g/mol. The number of rotatable bonds is 5. The first-order valence-corrected chi connectivity index (χ1v) is 5.75. The van der Waals surface area contributed by atoms with Crippen molar-refractivity contribution in [2.75, 3.05) is 6.54 Å². The van der Waals surface area contributed by atoms with Crippen LogP contribution in [-0.2, 0) is 6.42 Å². The Morgan fingerprint density at radius 2 is 1.90 bits per heavy atom. The molecule has 9 heteroatoms. The van der Waals surface area contributed by atoms with Crippen LogP contribution in [0.2, 0.25) is 0 Å². The highest BCUT2D eigenvalue weighted by Gasteiger charge is 2.20. The van der Waals surface area contributed by atoms with E-state index in [2.05, 4.69) is 15.5 Å². The third kappa shape index (κ3) is 3.38. The van der Waals surface area contributed by atoms with Crippen LogP contribution in [0.25, 0.3) is 0 Å². The van der Waals surface area contributed by atoms with Gasteiger partial charge in [0, 0.05) is 13.0 Å². The van der Waals surface area contributed by atoms with E-state index in [1.165, 1.54) is 6.33 Å². The van der Waals surface area contributed by atoms with E-state index in [4.69, 9.17) is 9.63 Å². The maximum Gasteiger partial charge on any atom is 0.336 e. The largest absolute Gasteiger partial charge is 0.478 e. The van der Waals surface area contributed by atoms with Crippen LogP contribution in [0.5, 0.6) is 0 Å². The number of carbonyl (C=O) groups is 2. The fraction of sp³-hybridized carbons (Fsp3) is 0.167. The van der Waals surface area contributed by atoms with Crippen LogP contribution in [0.3, 0.4) is 0 Å². The van der Waals surface area contributed by atoms with Gasteiger partial charge in [-0.15, -0.1) is 0 Å². The Hall–Kier alpha value is -2.84. The first-order chi connectivity index (χ1) is 9.99. The van der Waals surface area contributed by atoms with Crippen molar-refractivity contribution in [2.24, 2.45) is 0 Å². The summed E-state index contributed by atoms with van der Waals surface area (Å²) in [6.45, 7) is 0.0685. The number of hydrogen-bond acceptors (Lipinski definition) is 5. The molecule has 21 heavy (non-hydrogen) atoms. The Morgan fingerprint density at radius 1 is 1.24 bits per heavy atom. The quantitative estimate of drug-likeness (QED) is 0.853. The van der Waals surface area contributed by atoms with Gasteiger partial charge < -0.3 is 14.9 Å². The van der Waals surface area contributed by atoms with Crippen molar-refractivity contribution < 1.29 is 28.0 Å². The minimum atomic E-state index is -1.53. The van der Waals surface area contributed by atoms with Gasteiger partial charge in [-0.2, -0.15) is 4.98 Å². The van der Waals surface area contributed by atoms with Crippen molar-refractivity contribution in [1.82, 2.24) is 15.5 Å². The Balaban J connectivity index is 2.11. The average Bonchev–Trinajstić information content (AvgIpc) is 2.94. The Kier molecular flexibility index (Phi) is 4.21. The third-order valence-electron chi connectivity index (χ3n) is 2.57. The zero-order valence-corrected chi connectivity index (χ0v) is 10.5. The van der Waals surface area contributed by atoms with E-state index in [0.717, 1.165) is 0 Å². The molecule has 0 radical (unpaired) electrons. The second kappa shape index (κ2) is 6.07. The minimum absolute atomic E-state index is 0.0685. The SMILES string of the molecule is O=C(O)c1cc(F)c(F)cc1C(=O)NCCc1ncno1. The smallest absolute Gasteiger partial charge is 0.336 e. The van der Waals surface area contributed by atoms with Crippen LogP contribution in [-0.4, -0.2) is 33.7 Å². The van der Waals surface area contributed by atoms with Gasteiger partial charge in [-0.25, -0.2) is 13.6 Å². The number of aromatic nitrogens is 2. The summed E-state index contributed by atoms with van der Waals surface area (Å²) in [6.07, 6.45) is 1.41. The highest BCUT2D eigenvalue weighted by Crippen LogP contribution is 2.15. The van der Waals surface area contributed by atoms with Gasteiger partial charge in [-0.3, -0.25) is 4.79 Å². The number of carboxylic acid groups (broad SMARTS) is 1. The maximum absolute atomic E-state index is 13.1. The highest BCUT2D eigenvalue weighted by atomic mass is 19.2. The molecule has 0 saturated heterocycles. The Bertz CT molecular complexity index is 673. The first-order valence-electron chi connectivity index (χ1n) is 5.75. The summed E-state index contributed by atoms with van der Waals surface area (Å²) in [7, 11) is 0. The number of carbonyl (C=O) groups excluding carboxylic acids is 1. The Labute approximate surface area is 116 Å². The number of hydrogen-bond donors (Lipinski definition) is 2. The number of aromatic carboxylic acids is 1. The second-order valence-corrected chi connectivity index (χ2v) is 3.96. The van der Waals surface area contributed by atoms with Gasteiger partial charge in [-0.05, 0) is 12.1 Å². The van der Waals surface area contributed by atoms with E-state index in [-0.39, 0.29) is 18.9 Å². The van der Waals surface area contributed by atoms with Crippen molar-refractivity contribution in [3.8, 4) is 0 Å². The average molecular weight is 297 g/mol. The van der Waals surface area contributed by atoms with Gasteiger partial charge in [0.05, 0.1) is 11.1 Å². The van der Waals surface area contributed by atoms with E-state index >= 15 is 0 Å². The minimum Gasteiger partial charge on any atom is -0.478 e. The number of benzene rings is 1. The van der Waals surface area contributed by atoms with Crippen LogP contribution < -0.4 is 5.32 Å². The molecular formula is C12H9F2N3O4. The molecule has 1 heterocycles. The van der Waals surface area contributed by atoms with Crippen LogP contribution >= 0.6 is 0 Å². The molecule has 0 atom stereocenters. The van der Waals surface area contributed by atoms with Crippen molar-refractivity contribution in [3.63, 3.8) is 0 Å². The van der Waals surface area contributed by atoms with Crippen molar-refractivity contribution in [1.29, 1.82) is 0 Å². The van der Waals surface area contributed by atoms with Gasteiger partial charge in [-0.1, -0.05) is 5.16 Å². The summed E-state index contributed by atoms with van der Waals surface area (Å²) in [6, 6.07) is 1.01. The number of amides is 1. The molecule has 1 aromatic heterocycles. The molecule has 0 aliphatic rings. The number of halogens is 2. The summed E-state index contributed by atoms with van der Waals surface area (Å²) in [5.41, 5.74) is -1.09. The zero-order valence-electron chi connectivity index (χ0n) is 10.5. The van der Waals surface area contributed by atoms with E-state index in [1.807, 2.05) is 0 Å². The van der Waals surface area contributed by atoms with Crippen LogP contribution in [0, 0.1) is 11.6 Å². The predicted octanol–water partition coefficient (Wildman–Crippen LogP) is 1.02. The second-order valence-electron chi connectivity index (χ2n) is 3.96. The van der Waals surface area contributed by atoms with Crippen molar-refractivity contribution in [3.05, 3.63) is 47.1 Å². The Morgan fingerprint density at radius 3 is 2.48 bits per heavy atom. The summed E-state index contributed by atoms with van der Waals surface area (Å²) in [5.74, 6) is -4.74. The van der Waals surface area contributed by atoms with Gasteiger partial charge >= 0.3 is 5.97 Å². The summed E-state index contributed by atoms with van der Waals surface area (Å²) >= 11 is 0. The predicted molar refractivity (Wildman–Crippen MR) is 63.7 cm³/mol. The fourth-order valence-corrected chi connectivity index (χ4v) is 1.60. The molecule has 0 saturated carbocycles. The monoisotopic (exact) mass is 297 g/mol. The molecule has 2 N–H and O–H groups in total. The van der Waals surface area contributed by atoms with E-state index < -0.39 is 34.6 Å². The molecule has 0 spiro atoms. The normalized spacial score (nSPS) is 10.4.